The van der Waals surface area contributed by atoms with Gasteiger partial charge in [-0.15, -0.1) is 5.10 Å². The van der Waals surface area contributed by atoms with Crippen LogP contribution in [0.3, 0.4) is 0 Å². The fraction of sp³-hybridized carbons (Fsp3) is 0.562. The topological polar surface area (TPSA) is 81.0 Å². The molecule has 2 aromatic rings. The lowest BCUT2D eigenvalue weighted by atomic mass is 9.79. The van der Waals surface area contributed by atoms with E-state index in [1.54, 1.807) is 28.6 Å². The van der Waals surface area contributed by atoms with Crippen molar-refractivity contribution in [1.82, 2.24) is 24.5 Å². The summed E-state index contributed by atoms with van der Waals surface area (Å²) in [5.41, 5.74) is 0.744. The van der Waals surface area contributed by atoms with Crippen LogP contribution < -0.4 is 0 Å². The highest BCUT2D eigenvalue weighted by Gasteiger charge is 2.39. The van der Waals surface area contributed by atoms with Crippen LogP contribution in [0.2, 0.25) is 0 Å². The molecule has 1 saturated heterocycles. The van der Waals surface area contributed by atoms with E-state index in [1.165, 1.54) is 17.4 Å². The van der Waals surface area contributed by atoms with Crippen molar-refractivity contribution in [2.24, 2.45) is 5.92 Å². The van der Waals surface area contributed by atoms with E-state index in [9.17, 15) is 8.42 Å². The first-order chi connectivity index (χ1) is 11.7. The molecule has 2 heterocycles. The molecule has 0 N–H and O–H groups in total. The Morgan fingerprint density at radius 2 is 1.75 bits per heavy atom. The summed E-state index contributed by atoms with van der Waals surface area (Å²) in [6.45, 7) is 0.637. The minimum absolute atomic E-state index is 0.177. The molecule has 2 unspecified atom stereocenters. The number of fused-ring (bicyclic) bond motifs is 1. The number of piperidine rings is 1. The second-order valence-corrected chi connectivity index (χ2v) is 8.51. The Kier molecular flexibility index (Phi) is 4.09. The molecule has 1 aliphatic carbocycles. The SMILES string of the molecule is O=S(=O)(c1ccc(-n2cnnn2)cc1)N1CCCC2CCCCC21. The van der Waals surface area contributed by atoms with E-state index < -0.39 is 10.0 Å². The van der Waals surface area contributed by atoms with Crippen LogP contribution in [0.4, 0.5) is 0 Å². The highest BCUT2D eigenvalue weighted by atomic mass is 32.2. The molecule has 8 heteroatoms. The molecule has 0 radical (unpaired) electrons. The van der Waals surface area contributed by atoms with E-state index in [1.807, 2.05) is 0 Å². The van der Waals surface area contributed by atoms with Gasteiger partial charge in [-0.2, -0.15) is 4.31 Å². The van der Waals surface area contributed by atoms with Gasteiger partial charge in [-0.3, -0.25) is 0 Å². The van der Waals surface area contributed by atoms with Crippen LogP contribution in [-0.2, 0) is 10.0 Å². The number of hydrogen-bond donors (Lipinski definition) is 0. The molecule has 128 valence electrons. The number of tetrazole rings is 1. The van der Waals surface area contributed by atoms with Gasteiger partial charge in [0.05, 0.1) is 10.6 Å². The van der Waals surface area contributed by atoms with Crippen LogP contribution in [0.5, 0.6) is 0 Å². The van der Waals surface area contributed by atoms with Crippen molar-refractivity contribution in [3.63, 3.8) is 0 Å². The minimum Gasteiger partial charge on any atom is -0.207 e. The quantitative estimate of drug-likeness (QED) is 0.848. The number of rotatable bonds is 3. The summed E-state index contributed by atoms with van der Waals surface area (Å²) in [5.74, 6) is 0.530. The van der Waals surface area contributed by atoms with Gasteiger partial charge in [-0.1, -0.05) is 12.8 Å². The Morgan fingerprint density at radius 3 is 2.50 bits per heavy atom. The van der Waals surface area contributed by atoms with Crippen molar-refractivity contribution >= 4 is 10.0 Å². The maximum atomic E-state index is 13.1. The Morgan fingerprint density at radius 1 is 1.00 bits per heavy atom. The molecule has 1 aromatic heterocycles. The van der Waals surface area contributed by atoms with Gasteiger partial charge in [-0.25, -0.2) is 13.1 Å². The molecule has 1 saturated carbocycles. The van der Waals surface area contributed by atoms with Crippen molar-refractivity contribution in [3.8, 4) is 5.69 Å². The van der Waals surface area contributed by atoms with Gasteiger partial charge < -0.3 is 0 Å². The lowest BCUT2D eigenvalue weighted by Crippen LogP contribution is -2.49. The monoisotopic (exact) mass is 347 g/mol. The Hall–Kier alpha value is -1.80. The zero-order valence-corrected chi connectivity index (χ0v) is 14.3. The van der Waals surface area contributed by atoms with E-state index in [2.05, 4.69) is 15.5 Å². The van der Waals surface area contributed by atoms with Crippen molar-refractivity contribution in [1.29, 1.82) is 0 Å². The smallest absolute Gasteiger partial charge is 0.207 e. The van der Waals surface area contributed by atoms with E-state index in [-0.39, 0.29) is 6.04 Å². The lowest BCUT2D eigenvalue weighted by Gasteiger charge is -2.43. The summed E-state index contributed by atoms with van der Waals surface area (Å²) in [5, 5.41) is 11.0. The molecule has 1 aliphatic heterocycles. The van der Waals surface area contributed by atoms with E-state index in [4.69, 9.17) is 0 Å². The predicted molar refractivity (Wildman–Crippen MR) is 88.0 cm³/mol. The maximum Gasteiger partial charge on any atom is 0.243 e. The van der Waals surface area contributed by atoms with E-state index >= 15 is 0 Å². The third-order valence-electron chi connectivity index (χ3n) is 5.25. The molecule has 0 spiro atoms. The van der Waals surface area contributed by atoms with E-state index in [0.29, 0.717) is 17.4 Å². The van der Waals surface area contributed by atoms with Crippen LogP contribution in [0, 0.1) is 5.92 Å². The van der Waals surface area contributed by atoms with Crippen LogP contribution in [-0.4, -0.2) is 45.5 Å². The van der Waals surface area contributed by atoms with Crippen molar-refractivity contribution in [2.75, 3.05) is 6.54 Å². The predicted octanol–water partition coefficient (Wildman–Crippen LogP) is 2.01. The van der Waals surface area contributed by atoms with Gasteiger partial charge in [0.15, 0.2) is 0 Å². The van der Waals surface area contributed by atoms with Crippen LogP contribution in [0.1, 0.15) is 38.5 Å². The largest absolute Gasteiger partial charge is 0.243 e. The summed E-state index contributed by atoms with van der Waals surface area (Å²) in [6, 6.07) is 6.96. The molecule has 2 fully saturated rings. The highest BCUT2D eigenvalue weighted by molar-refractivity contribution is 7.89. The molecular formula is C16H21N5O2S. The summed E-state index contributed by atoms with van der Waals surface area (Å²) in [6.07, 6.45) is 8.13. The summed E-state index contributed by atoms with van der Waals surface area (Å²) >= 11 is 0. The maximum absolute atomic E-state index is 13.1. The standard InChI is InChI=1S/C16H21N5O2S/c22-24(23,21-11-3-5-13-4-1-2-6-16(13)21)15-9-7-14(8-10-15)20-12-17-18-19-20/h7-10,12-13,16H,1-6,11H2. The van der Waals surface area contributed by atoms with Gasteiger partial charge >= 0.3 is 0 Å². The van der Waals surface area contributed by atoms with Crippen molar-refractivity contribution in [3.05, 3.63) is 30.6 Å². The van der Waals surface area contributed by atoms with Gasteiger partial charge in [-0.05, 0) is 66.3 Å². The molecule has 0 bridgehead atoms. The minimum atomic E-state index is -3.45. The first-order valence-corrected chi connectivity index (χ1v) is 9.95. The third kappa shape index (κ3) is 2.73. The molecule has 2 atom stereocenters. The van der Waals surface area contributed by atoms with Crippen LogP contribution in [0.15, 0.2) is 35.5 Å². The van der Waals surface area contributed by atoms with Crippen LogP contribution >= 0.6 is 0 Å². The van der Waals surface area contributed by atoms with Gasteiger partial charge in [0, 0.05) is 12.6 Å². The first-order valence-electron chi connectivity index (χ1n) is 8.51. The molecular weight excluding hydrogens is 326 g/mol. The normalized spacial score (nSPS) is 25.3. The van der Waals surface area contributed by atoms with Gasteiger partial charge in [0.2, 0.25) is 10.0 Å². The Bertz CT molecular complexity index is 786. The average molecular weight is 347 g/mol. The summed E-state index contributed by atoms with van der Waals surface area (Å²) in [7, 11) is -3.45. The zero-order chi connectivity index (χ0) is 16.6. The number of benzene rings is 1. The van der Waals surface area contributed by atoms with Crippen molar-refractivity contribution < 1.29 is 8.42 Å². The van der Waals surface area contributed by atoms with Crippen molar-refractivity contribution in [2.45, 2.75) is 49.5 Å². The van der Waals surface area contributed by atoms with Crippen LogP contribution in [0.25, 0.3) is 5.69 Å². The zero-order valence-electron chi connectivity index (χ0n) is 13.5. The third-order valence-corrected chi connectivity index (χ3v) is 7.19. The molecule has 4 rings (SSSR count). The average Bonchev–Trinajstić information content (AvgIpc) is 3.16. The Balaban J connectivity index is 1.62. The lowest BCUT2D eigenvalue weighted by molar-refractivity contribution is 0.129. The molecule has 2 aliphatic rings. The number of sulfonamides is 1. The summed E-state index contributed by atoms with van der Waals surface area (Å²) < 4.78 is 29.5. The van der Waals surface area contributed by atoms with E-state index in [0.717, 1.165) is 37.8 Å². The highest BCUT2D eigenvalue weighted by Crippen LogP contribution is 2.38. The Labute approximate surface area is 141 Å². The molecule has 0 amide bonds. The number of nitrogens with zero attached hydrogens (tertiary/aromatic N) is 5. The second kappa shape index (κ2) is 6.25. The van der Waals surface area contributed by atoms with Gasteiger partial charge in [0.25, 0.3) is 0 Å². The first kappa shape index (κ1) is 15.7. The molecule has 1 aromatic carbocycles. The molecule has 7 nitrogen and oxygen atoms in total. The fourth-order valence-electron chi connectivity index (χ4n) is 4.06. The summed E-state index contributed by atoms with van der Waals surface area (Å²) in [4.78, 5) is 0.352. The fourth-order valence-corrected chi connectivity index (χ4v) is 5.82. The van der Waals surface area contributed by atoms with Gasteiger partial charge in [0.1, 0.15) is 6.33 Å². The number of hydrogen-bond acceptors (Lipinski definition) is 5. The molecule has 24 heavy (non-hydrogen) atoms. The number of aromatic nitrogens is 4. The second-order valence-electron chi connectivity index (χ2n) is 6.62.